The third-order valence-corrected chi connectivity index (χ3v) is 7.06. The number of imidazole rings is 1. The molecule has 2 aromatic heterocycles. The molecule has 0 saturated heterocycles. The third kappa shape index (κ3) is 9.11. The number of carboxylic acids is 2. The Kier molecular flexibility index (Phi) is 11.4. The second-order valence-electron chi connectivity index (χ2n) is 10.4. The summed E-state index contributed by atoms with van der Waals surface area (Å²) in [5, 5.41) is 31.6. The number of benzene rings is 2. The number of anilines is 2. The van der Waals surface area contributed by atoms with Gasteiger partial charge in [0.05, 0.1) is 30.6 Å². The van der Waals surface area contributed by atoms with Crippen molar-refractivity contribution in [2.75, 3.05) is 23.4 Å². The Bertz CT molecular complexity index is 1710. The lowest BCUT2D eigenvalue weighted by atomic mass is 10.1. The van der Waals surface area contributed by atoms with Crippen LogP contribution in [0.5, 0.6) is 0 Å². The quantitative estimate of drug-likeness (QED) is 0.0713. The number of aromatic nitrogens is 3. The largest absolute Gasteiger partial charge is 0.481 e. The van der Waals surface area contributed by atoms with E-state index >= 15 is 0 Å². The molecule has 0 bridgehead atoms. The zero-order valence-electron chi connectivity index (χ0n) is 25.2. The summed E-state index contributed by atoms with van der Waals surface area (Å²) < 4.78 is 6.96. The van der Waals surface area contributed by atoms with Crippen molar-refractivity contribution >= 4 is 52.3 Å². The normalized spacial score (nSPS) is 10.7. The molecule has 2 aromatic carbocycles. The van der Waals surface area contributed by atoms with Crippen LogP contribution in [0.2, 0.25) is 0 Å². The fourth-order valence-electron chi connectivity index (χ4n) is 4.60. The van der Waals surface area contributed by atoms with E-state index in [2.05, 4.69) is 15.6 Å². The van der Waals surface area contributed by atoms with E-state index < -0.39 is 18.0 Å². The highest BCUT2D eigenvalue weighted by atomic mass is 16.5. The number of nitrogens with zero attached hydrogens (tertiary/aromatic N) is 4. The molecule has 0 atom stereocenters. The first-order valence-electron chi connectivity index (χ1n) is 14.6. The van der Waals surface area contributed by atoms with E-state index in [1.165, 1.54) is 4.90 Å². The summed E-state index contributed by atoms with van der Waals surface area (Å²) in [4.78, 5) is 57.4. The maximum atomic E-state index is 13.4. The van der Waals surface area contributed by atoms with Gasteiger partial charge in [-0.3, -0.25) is 30.0 Å². The van der Waals surface area contributed by atoms with Crippen molar-refractivity contribution in [2.45, 2.75) is 38.6 Å². The van der Waals surface area contributed by atoms with Gasteiger partial charge in [0.25, 0.3) is 5.91 Å². The zero-order chi connectivity index (χ0) is 33.1. The number of amides is 2. The minimum absolute atomic E-state index is 0.0312. The Morgan fingerprint density at radius 2 is 1.67 bits per heavy atom. The van der Waals surface area contributed by atoms with Crippen molar-refractivity contribution in [3.8, 4) is 0 Å². The summed E-state index contributed by atoms with van der Waals surface area (Å²) in [6, 6.07) is 17.1. The van der Waals surface area contributed by atoms with Gasteiger partial charge in [0, 0.05) is 43.0 Å². The summed E-state index contributed by atoms with van der Waals surface area (Å²) >= 11 is 0. The molecule has 5 N–H and O–H groups in total. The van der Waals surface area contributed by atoms with Crippen molar-refractivity contribution in [1.82, 2.24) is 19.9 Å². The minimum Gasteiger partial charge on any atom is -0.481 e. The molecule has 0 aliphatic heterocycles. The molecule has 14 heteroatoms. The average molecular weight is 630 g/mol. The second kappa shape index (κ2) is 15.8. The number of hydrogen-bond acceptors (Lipinski definition) is 9. The molecule has 46 heavy (non-hydrogen) atoms. The fraction of sp³-hybridized carbons (Fsp3) is 0.281. The topological polar surface area (TPSA) is 200 Å². The van der Waals surface area contributed by atoms with Gasteiger partial charge in [-0.15, -0.1) is 0 Å². The van der Waals surface area contributed by atoms with E-state index in [4.69, 9.17) is 20.2 Å². The highest BCUT2D eigenvalue weighted by molar-refractivity contribution is 6.07. The van der Waals surface area contributed by atoms with Crippen LogP contribution in [-0.2, 0) is 27.9 Å². The van der Waals surface area contributed by atoms with Crippen LogP contribution < -0.4 is 15.5 Å². The Hall–Kier alpha value is -5.79. The summed E-state index contributed by atoms with van der Waals surface area (Å²) in [6.07, 6.45) is 2.32. The molecule has 0 radical (unpaired) electrons. The number of nitrogens with one attached hydrogen (secondary N) is 3. The minimum atomic E-state index is -1.02. The number of rotatable bonds is 15. The van der Waals surface area contributed by atoms with Crippen LogP contribution in [0, 0.1) is 5.41 Å². The van der Waals surface area contributed by atoms with Gasteiger partial charge in [-0.25, -0.2) is 14.8 Å². The fourth-order valence-corrected chi connectivity index (χ4v) is 4.60. The van der Waals surface area contributed by atoms with E-state index in [9.17, 15) is 24.3 Å². The maximum Gasteiger partial charge on any atom is 0.412 e. The molecule has 0 saturated carbocycles. The number of aryl methyl sites for hydroxylation is 1. The van der Waals surface area contributed by atoms with Crippen LogP contribution in [0.4, 0.5) is 16.3 Å². The van der Waals surface area contributed by atoms with E-state index in [0.29, 0.717) is 54.1 Å². The zero-order valence-corrected chi connectivity index (χ0v) is 25.2. The summed E-state index contributed by atoms with van der Waals surface area (Å²) in [7, 11) is 1.87. The number of carboxylic acid groups (broad SMARTS) is 2. The lowest BCUT2D eigenvalue weighted by Crippen LogP contribution is -2.33. The number of pyridine rings is 1. The Morgan fingerprint density at radius 1 is 0.935 bits per heavy atom. The number of carbonyl (C=O) groups is 4. The van der Waals surface area contributed by atoms with Gasteiger partial charge in [0.15, 0.2) is 0 Å². The van der Waals surface area contributed by atoms with Crippen molar-refractivity contribution in [3.05, 3.63) is 83.8 Å². The Balaban J connectivity index is 1.34. The molecule has 240 valence electrons. The number of hydrogen-bond donors (Lipinski definition) is 5. The number of fused-ring (bicyclic) bond motifs is 1. The summed E-state index contributed by atoms with van der Waals surface area (Å²) in [5.41, 5.74) is 3.00. The van der Waals surface area contributed by atoms with Gasteiger partial charge >= 0.3 is 18.0 Å². The van der Waals surface area contributed by atoms with Crippen molar-refractivity contribution < 1.29 is 34.1 Å². The van der Waals surface area contributed by atoms with Crippen LogP contribution in [0.15, 0.2) is 66.9 Å². The van der Waals surface area contributed by atoms with Crippen LogP contribution in [-0.4, -0.2) is 67.7 Å². The molecule has 0 unspecified atom stereocenters. The number of unbranched alkanes of at least 4 members (excludes halogenated alkanes) is 2. The lowest BCUT2D eigenvalue weighted by molar-refractivity contribution is -0.138. The van der Waals surface area contributed by atoms with Gasteiger partial charge < -0.3 is 24.8 Å². The first kappa shape index (κ1) is 33.1. The number of aliphatic carboxylic acids is 2. The van der Waals surface area contributed by atoms with Crippen LogP contribution in [0.1, 0.15) is 53.8 Å². The van der Waals surface area contributed by atoms with Crippen LogP contribution >= 0.6 is 0 Å². The molecule has 0 aliphatic carbocycles. The Labute approximate surface area is 264 Å². The summed E-state index contributed by atoms with van der Waals surface area (Å²) in [5.74, 6) is -1.31. The number of alkyl carbamates (subject to hydrolysis) is 1. The van der Waals surface area contributed by atoms with Crippen molar-refractivity contribution in [3.63, 3.8) is 0 Å². The highest BCUT2D eigenvalue weighted by Crippen LogP contribution is 2.21. The maximum absolute atomic E-state index is 13.4. The lowest BCUT2D eigenvalue weighted by Gasteiger charge is -2.21. The van der Waals surface area contributed by atoms with E-state index in [0.717, 1.165) is 11.2 Å². The molecule has 4 rings (SSSR count). The second-order valence-corrected chi connectivity index (χ2v) is 10.4. The molecule has 0 aliphatic rings. The molecule has 0 spiro atoms. The molecule has 4 aromatic rings. The first-order valence-corrected chi connectivity index (χ1v) is 14.6. The molecule has 2 heterocycles. The number of carbonyl (C=O) groups excluding carboxylic acids is 2. The monoisotopic (exact) mass is 629 g/mol. The van der Waals surface area contributed by atoms with Crippen molar-refractivity contribution in [1.29, 1.82) is 5.41 Å². The van der Waals surface area contributed by atoms with E-state index in [-0.39, 0.29) is 37.7 Å². The number of amidine groups is 1. The molecule has 14 nitrogen and oxygen atoms in total. The molecular weight excluding hydrogens is 594 g/mol. The first-order chi connectivity index (χ1) is 22.1. The van der Waals surface area contributed by atoms with Gasteiger partial charge in [0.2, 0.25) is 0 Å². The molecule has 0 fully saturated rings. The predicted molar refractivity (Wildman–Crippen MR) is 170 cm³/mol. The van der Waals surface area contributed by atoms with E-state index in [1.54, 1.807) is 66.9 Å². The SMILES string of the molecule is Cn1c(CNc2ccc(C(=N)NC(=O)OCCCCCC(=O)O)cc2)nc2cc(C(=O)N(CCC(=O)O)c3ccccn3)ccc21. The summed E-state index contributed by atoms with van der Waals surface area (Å²) in [6.45, 7) is 0.468. The smallest absolute Gasteiger partial charge is 0.412 e. The van der Waals surface area contributed by atoms with Gasteiger partial charge in [0.1, 0.15) is 17.5 Å². The standard InChI is InChI=1S/C32H35N7O7/c1-38-25-14-11-22(31(44)39(17-15-29(42)43)26-7-4-5-16-34-26)19-24(25)36-27(38)20-35-23-12-9-21(10-13-23)30(33)37-32(45)46-18-6-2-3-8-28(40)41/h4-5,7,9-14,16,19,35H,2-3,6,8,15,17-18,20H2,1H3,(H,40,41)(H,42,43)(H2,33,37,45). The van der Waals surface area contributed by atoms with Gasteiger partial charge in [-0.1, -0.05) is 6.07 Å². The van der Waals surface area contributed by atoms with Crippen molar-refractivity contribution in [2.24, 2.45) is 7.05 Å². The third-order valence-electron chi connectivity index (χ3n) is 7.06. The van der Waals surface area contributed by atoms with Crippen LogP contribution in [0.3, 0.4) is 0 Å². The van der Waals surface area contributed by atoms with E-state index in [1.807, 2.05) is 11.6 Å². The van der Waals surface area contributed by atoms with Gasteiger partial charge in [-0.2, -0.15) is 0 Å². The van der Waals surface area contributed by atoms with Crippen LogP contribution in [0.25, 0.3) is 11.0 Å². The highest BCUT2D eigenvalue weighted by Gasteiger charge is 2.21. The predicted octanol–water partition coefficient (Wildman–Crippen LogP) is 4.40. The molecular formula is C32H35N7O7. The molecule has 2 amide bonds. The average Bonchev–Trinajstić information content (AvgIpc) is 3.36. The van der Waals surface area contributed by atoms with Gasteiger partial charge in [-0.05, 0) is 73.9 Å². The number of ether oxygens (including phenoxy) is 1. The Morgan fingerprint density at radius 3 is 2.37 bits per heavy atom.